The van der Waals surface area contributed by atoms with Crippen LogP contribution < -0.4 is 11.1 Å². The number of nitrogens with one attached hydrogen (secondary N) is 1. The zero-order chi connectivity index (χ0) is 15.7. The molecule has 0 fully saturated rings. The second kappa shape index (κ2) is 9.60. The number of halogens is 1. The van der Waals surface area contributed by atoms with Crippen LogP contribution in [0.4, 0.5) is 11.4 Å². The van der Waals surface area contributed by atoms with E-state index in [0.717, 1.165) is 26.1 Å². The van der Waals surface area contributed by atoms with Crippen molar-refractivity contribution in [3.05, 3.63) is 23.2 Å². The second-order valence-corrected chi connectivity index (χ2v) is 5.23. The van der Waals surface area contributed by atoms with Crippen LogP contribution >= 0.6 is 11.6 Å². The van der Waals surface area contributed by atoms with E-state index in [2.05, 4.69) is 17.1 Å². The smallest absolute Gasteiger partial charge is 0.224 e. The van der Waals surface area contributed by atoms with Crippen molar-refractivity contribution in [2.45, 2.75) is 19.8 Å². The molecule has 0 aliphatic carbocycles. The molecule has 0 saturated heterocycles. The van der Waals surface area contributed by atoms with Gasteiger partial charge in [0.1, 0.15) is 0 Å². The van der Waals surface area contributed by atoms with Crippen LogP contribution in [0.5, 0.6) is 0 Å². The van der Waals surface area contributed by atoms with E-state index in [-0.39, 0.29) is 5.91 Å². The fourth-order valence-corrected chi connectivity index (χ4v) is 2.19. The lowest BCUT2D eigenvalue weighted by molar-refractivity contribution is -0.116. The quantitative estimate of drug-likeness (QED) is 0.688. The van der Waals surface area contributed by atoms with Crippen LogP contribution in [0.2, 0.25) is 5.02 Å². The number of hydrogen-bond acceptors (Lipinski definition) is 4. The fourth-order valence-electron chi connectivity index (χ4n) is 1.96. The van der Waals surface area contributed by atoms with Gasteiger partial charge in [0, 0.05) is 25.8 Å². The predicted octanol–water partition coefficient (Wildman–Crippen LogP) is 2.61. The maximum atomic E-state index is 11.9. The number of methoxy groups -OCH3 is 1. The first-order chi connectivity index (χ1) is 10.1. The van der Waals surface area contributed by atoms with Crippen molar-refractivity contribution >= 4 is 28.9 Å². The number of nitrogens with two attached hydrogens (primary N) is 1. The molecule has 1 amide bonds. The summed E-state index contributed by atoms with van der Waals surface area (Å²) in [4.78, 5) is 14.1. The number of amides is 1. The highest BCUT2D eigenvalue weighted by Gasteiger charge is 2.08. The van der Waals surface area contributed by atoms with Gasteiger partial charge in [-0.1, -0.05) is 18.5 Å². The summed E-state index contributed by atoms with van der Waals surface area (Å²) in [5.74, 6) is -0.0375. The van der Waals surface area contributed by atoms with Gasteiger partial charge in [0.25, 0.3) is 0 Å². The molecular weight excluding hydrogens is 290 g/mol. The third-order valence-corrected chi connectivity index (χ3v) is 3.52. The first kappa shape index (κ1) is 17.8. The van der Waals surface area contributed by atoms with Gasteiger partial charge in [-0.05, 0) is 37.7 Å². The van der Waals surface area contributed by atoms with Crippen molar-refractivity contribution in [1.29, 1.82) is 0 Å². The molecule has 3 N–H and O–H groups in total. The lowest BCUT2D eigenvalue weighted by Gasteiger charge is -2.19. The van der Waals surface area contributed by atoms with Crippen molar-refractivity contribution in [2.24, 2.45) is 0 Å². The molecule has 0 aromatic heterocycles. The zero-order valence-corrected chi connectivity index (χ0v) is 13.4. The number of hydrogen-bond donors (Lipinski definition) is 2. The van der Waals surface area contributed by atoms with Crippen LogP contribution in [0, 0.1) is 0 Å². The Morgan fingerprint density at radius 1 is 1.43 bits per heavy atom. The van der Waals surface area contributed by atoms with E-state index in [1.807, 2.05) is 0 Å². The standard InChI is InChI=1S/C15H24ClN3O2/c1-3-19(9-10-21-2)8-4-5-15(20)18-14-7-6-12(17)11-13(14)16/h6-7,11H,3-5,8-10,17H2,1-2H3,(H,18,20). The molecule has 6 heteroatoms. The van der Waals surface area contributed by atoms with E-state index in [1.54, 1.807) is 25.3 Å². The number of carbonyl (C=O) groups excluding carboxylic acids is 1. The number of anilines is 2. The molecule has 0 radical (unpaired) electrons. The topological polar surface area (TPSA) is 67.6 Å². The Morgan fingerprint density at radius 2 is 2.19 bits per heavy atom. The van der Waals surface area contributed by atoms with Gasteiger partial charge in [0.05, 0.1) is 17.3 Å². The summed E-state index contributed by atoms with van der Waals surface area (Å²) in [6, 6.07) is 5.05. The summed E-state index contributed by atoms with van der Waals surface area (Å²) in [7, 11) is 1.69. The van der Waals surface area contributed by atoms with Crippen molar-refractivity contribution in [2.75, 3.05) is 44.4 Å². The number of carbonyl (C=O) groups is 1. The molecule has 118 valence electrons. The summed E-state index contributed by atoms with van der Waals surface area (Å²) in [6.45, 7) is 5.53. The van der Waals surface area contributed by atoms with Gasteiger partial charge in [-0.25, -0.2) is 0 Å². The van der Waals surface area contributed by atoms with Gasteiger partial charge in [0.2, 0.25) is 5.91 Å². The highest BCUT2D eigenvalue weighted by atomic mass is 35.5. The number of nitrogens with zero attached hydrogens (tertiary/aromatic N) is 1. The zero-order valence-electron chi connectivity index (χ0n) is 12.7. The monoisotopic (exact) mass is 313 g/mol. The Morgan fingerprint density at radius 3 is 2.81 bits per heavy atom. The first-order valence-corrected chi connectivity index (χ1v) is 7.50. The summed E-state index contributed by atoms with van der Waals surface area (Å²) < 4.78 is 5.06. The molecule has 0 aliphatic rings. The van der Waals surface area contributed by atoms with E-state index >= 15 is 0 Å². The molecule has 1 rings (SSSR count). The molecule has 1 aromatic carbocycles. The van der Waals surface area contributed by atoms with E-state index in [4.69, 9.17) is 22.1 Å². The van der Waals surface area contributed by atoms with Gasteiger partial charge in [-0.15, -0.1) is 0 Å². The molecule has 5 nitrogen and oxygen atoms in total. The van der Waals surface area contributed by atoms with E-state index in [1.165, 1.54) is 0 Å². The third-order valence-electron chi connectivity index (χ3n) is 3.20. The van der Waals surface area contributed by atoms with Crippen LogP contribution in [-0.2, 0) is 9.53 Å². The summed E-state index contributed by atoms with van der Waals surface area (Å²) in [5.41, 5.74) is 6.79. The normalized spacial score (nSPS) is 10.9. The SMILES string of the molecule is CCN(CCCC(=O)Nc1ccc(N)cc1Cl)CCOC. The Bertz CT molecular complexity index is 455. The Hall–Kier alpha value is -1.30. The third kappa shape index (κ3) is 6.80. The van der Waals surface area contributed by atoms with Gasteiger partial charge < -0.3 is 20.7 Å². The van der Waals surface area contributed by atoms with Crippen LogP contribution in [-0.4, -0.2) is 44.2 Å². The molecule has 0 unspecified atom stereocenters. The minimum absolute atomic E-state index is 0.0375. The molecular formula is C15H24ClN3O2. The van der Waals surface area contributed by atoms with Crippen LogP contribution in [0.25, 0.3) is 0 Å². The minimum Gasteiger partial charge on any atom is -0.399 e. The summed E-state index contributed by atoms with van der Waals surface area (Å²) in [6.07, 6.45) is 1.26. The second-order valence-electron chi connectivity index (χ2n) is 4.82. The molecule has 0 spiro atoms. The number of benzene rings is 1. The highest BCUT2D eigenvalue weighted by Crippen LogP contribution is 2.24. The summed E-state index contributed by atoms with van der Waals surface area (Å²) >= 11 is 6.02. The van der Waals surface area contributed by atoms with Gasteiger partial charge in [0.15, 0.2) is 0 Å². The first-order valence-electron chi connectivity index (χ1n) is 7.13. The molecule has 1 aromatic rings. The van der Waals surface area contributed by atoms with Gasteiger partial charge in [-0.3, -0.25) is 4.79 Å². The Balaban J connectivity index is 2.33. The lowest BCUT2D eigenvalue weighted by Crippen LogP contribution is -2.29. The van der Waals surface area contributed by atoms with Crippen molar-refractivity contribution in [1.82, 2.24) is 4.90 Å². The lowest BCUT2D eigenvalue weighted by atomic mass is 10.2. The van der Waals surface area contributed by atoms with Crippen molar-refractivity contribution < 1.29 is 9.53 Å². The van der Waals surface area contributed by atoms with Gasteiger partial charge in [-0.2, -0.15) is 0 Å². The molecule has 0 atom stereocenters. The number of rotatable bonds is 9. The average molecular weight is 314 g/mol. The number of ether oxygens (including phenoxy) is 1. The average Bonchev–Trinajstić information content (AvgIpc) is 2.45. The van der Waals surface area contributed by atoms with Crippen LogP contribution in [0.3, 0.4) is 0 Å². The van der Waals surface area contributed by atoms with Gasteiger partial charge >= 0.3 is 0 Å². The highest BCUT2D eigenvalue weighted by molar-refractivity contribution is 6.34. The Kier molecular flexibility index (Phi) is 8.12. The van der Waals surface area contributed by atoms with E-state index < -0.39 is 0 Å². The number of likely N-dealkylation sites (N-methyl/N-ethyl adjacent to an activating group) is 1. The van der Waals surface area contributed by atoms with Crippen LogP contribution in [0.15, 0.2) is 18.2 Å². The molecule has 0 saturated carbocycles. The molecule has 21 heavy (non-hydrogen) atoms. The Labute approximate surface area is 131 Å². The summed E-state index contributed by atoms with van der Waals surface area (Å²) in [5, 5.41) is 3.26. The van der Waals surface area contributed by atoms with E-state index in [0.29, 0.717) is 29.4 Å². The maximum Gasteiger partial charge on any atom is 0.224 e. The van der Waals surface area contributed by atoms with Crippen LogP contribution in [0.1, 0.15) is 19.8 Å². The molecule has 0 heterocycles. The molecule has 0 bridgehead atoms. The minimum atomic E-state index is -0.0375. The maximum absolute atomic E-state index is 11.9. The predicted molar refractivity (Wildman–Crippen MR) is 87.7 cm³/mol. The number of nitrogen functional groups attached to an aromatic ring is 1. The van der Waals surface area contributed by atoms with E-state index in [9.17, 15) is 4.79 Å². The van der Waals surface area contributed by atoms with Crippen molar-refractivity contribution in [3.63, 3.8) is 0 Å². The van der Waals surface area contributed by atoms with Crippen molar-refractivity contribution in [3.8, 4) is 0 Å². The molecule has 0 aliphatic heterocycles. The largest absolute Gasteiger partial charge is 0.399 e. The fraction of sp³-hybridized carbons (Fsp3) is 0.533.